The van der Waals surface area contributed by atoms with E-state index < -0.39 is 34.6 Å². The van der Waals surface area contributed by atoms with Gasteiger partial charge in [-0.3, -0.25) is 0 Å². The highest BCUT2D eigenvalue weighted by molar-refractivity contribution is 6.30. The summed E-state index contributed by atoms with van der Waals surface area (Å²) in [6.45, 7) is -0.767. The summed E-state index contributed by atoms with van der Waals surface area (Å²) < 4.78 is 37.8. The standard InChI is InChI=1S/C7H4ClF3O/c8-5-4(9)1-3(2-12)6(10)7(5)11/h1,12H,2H2. The summed E-state index contributed by atoms with van der Waals surface area (Å²) in [6, 6.07) is 0.654. The largest absolute Gasteiger partial charge is 0.392 e. The van der Waals surface area contributed by atoms with Gasteiger partial charge in [-0.05, 0) is 6.07 Å². The van der Waals surface area contributed by atoms with Gasteiger partial charge in [0.25, 0.3) is 0 Å². The summed E-state index contributed by atoms with van der Waals surface area (Å²) in [5, 5.41) is 7.54. The van der Waals surface area contributed by atoms with E-state index in [1.54, 1.807) is 0 Å². The summed E-state index contributed by atoms with van der Waals surface area (Å²) in [4.78, 5) is 0. The molecular formula is C7H4ClF3O. The maximum Gasteiger partial charge on any atom is 0.180 e. The first-order valence-corrected chi connectivity index (χ1v) is 3.38. The van der Waals surface area contributed by atoms with E-state index in [4.69, 9.17) is 16.7 Å². The lowest BCUT2D eigenvalue weighted by Gasteiger charge is -2.02. The second-order valence-electron chi connectivity index (χ2n) is 2.12. The maximum absolute atomic E-state index is 12.7. The van der Waals surface area contributed by atoms with E-state index in [1.807, 2.05) is 0 Å². The minimum atomic E-state index is -1.47. The molecule has 0 aromatic heterocycles. The molecule has 0 bridgehead atoms. The zero-order valence-electron chi connectivity index (χ0n) is 5.74. The highest BCUT2D eigenvalue weighted by Gasteiger charge is 2.16. The number of rotatable bonds is 1. The van der Waals surface area contributed by atoms with Crippen molar-refractivity contribution in [2.45, 2.75) is 6.61 Å². The molecule has 5 heteroatoms. The third-order valence-corrected chi connectivity index (χ3v) is 1.69. The Labute approximate surface area is 71.4 Å². The summed E-state index contributed by atoms with van der Waals surface area (Å²) in [6.07, 6.45) is 0. The lowest BCUT2D eigenvalue weighted by Crippen LogP contribution is -1.97. The summed E-state index contributed by atoms with van der Waals surface area (Å²) in [7, 11) is 0. The van der Waals surface area contributed by atoms with E-state index >= 15 is 0 Å². The van der Waals surface area contributed by atoms with Crippen molar-refractivity contribution in [3.63, 3.8) is 0 Å². The number of aliphatic hydroxyl groups excluding tert-OH is 1. The maximum atomic E-state index is 12.7. The lowest BCUT2D eigenvalue weighted by atomic mass is 10.2. The van der Waals surface area contributed by atoms with Crippen molar-refractivity contribution in [1.29, 1.82) is 0 Å². The molecule has 0 saturated carbocycles. The van der Waals surface area contributed by atoms with E-state index in [-0.39, 0.29) is 0 Å². The Morgan fingerprint density at radius 2 is 1.83 bits per heavy atom. The first kappa shape index (κ1) is 9.35. The second kappa shape index (κ2) is 3.33. The quantitative estimate of drug-likeness (QED) is 0.540. The van der Waals surface area contributed by atoms with Gasteiger partial charge in [-0.2, -0.15) is 0 Å². The fourth-order valence-electron chi connectivity index (χ4n) is 0.737. The predicted molar refractivity (Wildman–Crippen MR) is 37.2 cm³/mol. The van der Waals surface area contributed by atoms with Crippen LogP contribution in [0.15, 0.2) is 6.07 Å². The van der Waals surface area contributed by atoms with E-state index in [0.717, 1.165) is 0 Å². The van der Waals surface area contributed by atoms with Crippen LogP contribution in [-0.4, -0.2) is 5.11 Å². The molecule has 1 rings (SSSR count). The van der Waals surface area contributed by atoms with Crippen molar-refractivity contribution in [3.8, 4) is 0 Å². The van der Waals surface area contributed by atoms with E-state index in [9.17, 15) is 13.2 Å². The van der Waals surface area contributed by atoms with Gasteiger partial charge < -0.3 is 5.11 Å². The van der Waals surface area contributed by atoms with Crippen LogP contribution in [0.1, 0.15) is 5.56 Å². The van der Waals surface area contributed by atoms with Crippen LogP contribution in [0.2, 0.25) is 5.02 Å². The Morgan fingerprint density at radius 3 is 2.33 bits per heavy atom. The van der Waals surface area contributed by atoms with Crippen molar-refractivity contribution in [2.75, 3.05) is 0 Å². The van der Waals surface area contributed by atoms with Gasteiger partial charge >= 0.3 is 0 Å². The van der Waals surface area contributed by atoms with Crippen molar-refractivity contribution in [3.05, 3.63) is 34.1 Å². The molecule has 0 saturated heterocycles. The average molecular weight is 197 g/mol. The van der Waals surface area contributed by atoms with Gasteiger partial charge in [-0.15, -0.1) is 0 Å². The number of benzene rings is 1. The molecule has 0 unspecified atom stereocenters. The molecule has 0 spiro atoms. The molecule has 1 aromatic carbocycles. The highest BCUT2D eigenvalue weighted by Crippen LogP contribution is 2.23. The van der Waals surface area contributed by atoms with Crippen molar-refractivity contribution in [1.82, 2.24) is 0 Å². The summed E-state index contributed by atoms with van der Waals surface area (Å²) in [5.74, 6) is -3.87. The Hall–Kier alpha value is -0.740. The van der Waals surface area contributed by atoms with Crippen molar-refractivity contribution < 1.29 is 18.3 Å². The number of aliphatic hydroxyl groups is 1. The minimum absolute atomic E-state index is 0.450. The van der Waals surface area contributed by atoms with Crippen LogP contribution >= 0.6 is 11.6 Å². The summed E-state index contributed by atoms with van der Waals surface area (Å²) >= 11 is 5.04. The van der Waals surface area contributed by atoms with Crippen molar-refractivity contribution in [2.24, 2.45) is 0 Å². The van der Waals surface area contributed by atoms with E-state index in [1.165, 1.54) is 0 Å². The van der Waals surface area contributed by atoms with Gasteiger partial charge in [0.2, 0.25) is 0 Å². The average Bonchev–Trinajstić information content (AvgIpc) is 2.08. The molecule has 0 heterocycles. The van der Waals surface area contributed by atoms with Crippen LogP contribution in [-0.2, 0) is 6.61 Å². The van der Waals surface area contributed by atoms with Crippen LogP contribution in [0.4, 0.5) is 13.2 Å². The van der Waals surface area contributed by atoms with E-state index in [0.29, 0.717) is 6.07 Å². The molecule has 66 valence electrons. The fraction of sp³-hybridized carbons (Fsp3) is 0.143. The molecule has 0 aliphatic carbocycles. The molecule has 0 atom stereocenters. The molecule has 12 heavy (non-hydrogen) atoms. The molecule has 1 aromatic rings. The Balaban J connectivity index is 3.39. The Morgan fingerprint density at radius 1 is 1.25 bits per heavy atom. The fourth-order valence-corrected chi connectivity index (χ4v) is 0.874. The molecule has 1 N–H and O–H groups in total. The third-order valence-electron chi connectivity index (χ3n) is 1.35. The topological polar surface area (TPSA) is 20.2 Å². The predicted octanol–water partition coefficient (Wildman–Crippen LogP) is 2.25. The van der Waals surface area contributed by atoms with Gasteiger partial charge in [0.15, 0.2) is 11.6 Å². The zero-order chi connectivity index (χ0) is 9.30. The van der Waals surface area contributed by atoms with Crippen LogP contribution in [0, 0.1) is 17.5 Å². The number of hydrogen-bond donors (Lipinski definition) is 1. The zero-order valence-corrected chi connectivity index (χ0v) is 6.50. The highest BCUT2D eigenvalue weighted by atomic mass is 35.5. The van der Waals surface area contributed by atoms with Crippen LogP contribution in [0.3, 0.4) is 0 Å². The van der Waals surface area contributed by atoms with Gasteiger partial charge in [-0.25, -0.2) is 13.2 Å². The minimum Gasteiger partial charge on any atom is -0.392 e. The second-order valence-corrected chi connectivity index (χ2v) is 2.50. The smallest absolute Gasteiger partial charge is 0.180 e. The van der Waals surface area contributed by atoms with Crippen LogP contribution in [0.25, 0.3) is 0 Å². The van der Waals surface area contributed by atoms with Gasteiger partial charge in [0.05, 0.1) is 6.61 Å². The van der Waals surface area contributed by atoms with Crippen molar-refractivity contribution >= 4 is 11.6 Å². The first-order chi connectivity index (χ1) is 5.57. The van der Waals surface area contributed by atoms with Crippen LogP contribution < -0.4 is 0 Å². The van der Waals surface area contributed by atoms with Crippen LogP contribution in [0.5, 0.6) is 0 Å². The number of hydrogen-bond acceptors (Lipinski definition) is 1. The monoisotopic (exact) mass is 196 g/mol. The molecule has 0 radical (unpaired) electrons. The SMILES string of the molecule is OCc1cc(F)c(Cl)c(F)c1F. The number of halogens is 4. The Bertz CT molecular complexity index is 314. The molecule has 0 aliphatic rings. The summed E-state index contributed by atoms with van der Waals surface area (Å²) in [5.41, 5.74) is -0.450. The molecule has 0 amide bonds. The molecule has 1 nitrogen and oxygen atoms in total. The lowest BCUT2D eigenvalue weighted by molar-refractivity contribution is 0.272. The third kappa shape index (κ3) is 1.40. The van der Waals surface area contributed by atoms with Gasteiger partial charge in [-0.1, -0.05) is 11.6 Å². The normalized spacial score (nSPS) is 10.4. The first-order valence-electron chi connectivity index (χ1n) is 3.00. The molecular weight excluding hydrogens is 193 g/mol. The molecule has 0 aliphatic heterocycles. The van der Waals surface area contributed by atoms with Gasteiger partial charge in [0.1, 0.15) is 10.8 Å². The van der Waals surface area contributed by atoms with Gasteiger partial charge in [0, 0.05) is 5.56 Å². The molecule has 0 fully saturated rings. The Kier molecular flexibility index (Phi) is 2.59. The van der Waals surface area contributed by atoms with E-state index in [2.05, 4.69) is 0 Å².